The lowest BCUT2D eigenvalue weighted by atomic mass is 10.3. The van der Waals surface area contributed by atoms with Crippen molar-refractivity contribution in [2.75, 3.05) is 0 Å². The Bertz CT molecular complexity index is 543. The van der Waals surface area contributed by atoms with Gasteiger partial charge in [0.05, 0.1) is 17.8 Å². The molecule has 2 rings (SSSR count). The summed E-state index contributed by atoms with van der Waals surface area (Å²) in [5.41, 5.74) is 1.86. The molecule has 0 radical (unpaired) electrons. The third-order valence-corrected chi connectivity index (χ3v) is 4.53. The van der Waals surface area contributed by atoms with Gasteiger partial charge in [0, 0.05) is 22.6 Å². The number of carbonyl (C=O) groups is 1. The van der Waals surface area contributed by atoms with Crippen molar-refractivity contribution in [2.45, 2.75) is 24.3 Å². The first kappa shape index (κ1) is 14.0. The van der Waals surface area contributed by atoms with Gasteiger partial charge in [-0.1, -0.05) is 13.0 Å². The molecule has 0 saturated heterocycles. The average molecular weight is 294 g/mol. The Kier molecular flexibility index (Phi) is 4.93. The largest absolute Gasteiger partial charge is 0.481 e. The number of carboxylic acids is 1. The standard InChI is InChI=1S/C13H14N2O2S2/c1-9(6-12(16)17)18-7-10-8-19-13(15-10)11-4-2-3-5-14-11/h2-5,8-9H,6-7H2,1H3,(H,16,17). The summed E-state index contributed by atoms with van der Waals surface area (Å²) < 4.78 is 0. The molecule has 0 aliphatic rings. The van der Waals surface area contributed by atoms with Gasteiger partial charge in [-0.2, -0.15) is 11.8 Å². The molecule has 0 aliphatic heterocycles. The van der Waals surface area contributed by atoms with E-state index in [9.17, 15) is 4.79 Å². The SMILES string of the molecule is CC(CC(=O)O)SCc1csc(-c2ccccn2)n1. The second-order valence-electron chi connectivity index (χ2n) is 4.08. The molecule has 0 aromatic carbocycles. The highest BCUT2D eigenvalue weighted by Gasteiger charge is 2.10. The minimum absolute atomic E-state index is 0.0949. The van der Waals surface area contributed by atoms with Crippen LogP contribution in [-0.4, -0.2) is 26.3 Å². The van der Waals surface area contributed by atoms with Crippen molar-refractivity contribution in [3.05, 3.63) is 35.5 Å². The van der Waals surface area contributed by atoms with Crippen LogP contribution in [-0.2, 0) is 10.5 Å². The van der Waals surface area contributed by atoms with Crippen LogP contribution in [0.3, 0.4) is 0 Å². The van der Waals surface area contributed by atoms with Crippen molar-refractivity contribution in [3.63, 3.8) is 0 Å². The maximum atomic E-state index is 10.6. The molecule has 19 heavy (non-hydrogen) atoms. The maximum absolute atomic E-state index is 10.6. The predicted octanol–water partition coefficient (Wildman–Crippen LogP) is 3.30. The predicted molar refractivity (Wildman–Crippen MR) is 78.4 cm³/mol. The number of pyridine rings is 1. The first-order valence-corrected chi connectivity index (χ1v) is 7.77. The van der Waals surface area contributed by atoms with E-state index in [1.54, 1.807) is 29.3 Å². The Morgan fingerprint density at radius 2 is 2.37 bits per heavy atom. The molecule has 2 heterocycles. The Balaban J connectivity index is 1.93. The van der Waals surface area contributed by atoms with E-state index >= 15 is 0 Å². The molecule has 1 unspecified atom stereocenters. The minimum Gasteiger partial charge on any atom is -0.481 e. The number of hydrogen-bond donors (Lipinski definition) is 1. The molecule has 0 bridgehead atoms. The first-order chi connectivity index (χ1) is 9.15. The van der Waals surface area contributed by atoms with Crippen LogP contribution in [0.1, 0.15) is 19.0 Å². The van der Waals surface area contributed by atoms with Crippen LogP contribution in [0, 0.1) is 0 Å². The fraction of sp³-hybridized carbons (Fsp3) is 0.308. The van der Waals surface area contributed by atoms with Crippen molar-refractivity contribution in [2.24, 2.45) is 0 Å². The van der Waals surface area contributed by atoms with Crippen LogP contribution in [0.25, 0.3) is 10.7 Å². The lowest BCUT2D eigenvalue weighted by molar-refractivity contribution is -0.136. The average Bonchev–Trinajstić information content (AvgIpc) is 2.85. The number of thioether (sulfide) groups is 1. The monoisotopic (exact) mass is 294 g/mol. The summed E-state index contributed by atoms with van der Waals surface area (Å²) >= 11 is 3.17. The van der Waals surface area contributed by atoms with E-state index in [0.29, 0.717) is 0 Å². The van der Waals surface area contributed by atoms with Crippen LogP contribution in [0.5, 0.6) is 0 Å². The van der Waals surface area contributed by atoms with Crippen LogP contribution < -0.4 is 0 Å². The molecular formula is C13H14N2O2S2. The number of rotatable bonds is 6. The summed E-state index contributed by atoms with van der Waals surface area (Å²) in [6.45, 7) is 1.92. The highest BCUT2D eigenvalue weighted by molar-refractivity contribution is 7.99. The molecular weight excluding hydrogens is 280 g/mol. The Hall–Kier alpha value is -1.40. The van der Waals surface area contributed by atoms with Gasteiger partial charge in [0.15, 0.2) is 0 Å². The summed E-state index contributed by atoms with van der Waals surface area (Å²) in [5, 5.41) is 11.7. The first-order valence-electron chi connectivity index (χ1n) is 5.84. The molecule has 0 spiro atoms. The normalized spacial score (nSPS) is 12.3. The molecule has 0 fully saturated rings. The molecule has 1 N–H and O–H groups in total. The minimum atomic E-state index is -0.757. The van der Waals surface area contributed by atoms with Gasteiger partial charge in [-0.3, -0.25) is 9.78 Å². The van der Waals surface area contributed by atoms with Crippen LogP contribution in [0.15, 0.2) is 29.8 Å². The van der Waals surface area contributed by atoms with Crippen molar-refractivity contribution >= 4 is 29.1 Å². The van der Waals surface area contributed by atoms with E-state index in [2.05, 4.69) is 9.97 Å². The van der Waals surface area contributed by atoms with E-state index in [4.69, 9.17) is 5.11 Å². The van der Waals surface area contributed by atoms with Gasteiger partial charge in [0.25, 0.3) is 0 Å². The van der Waals surface area contributed by atoms with E-state index in [1.165, 1.54) is 0 Å². The van der Waals surface area contributed by atoms with Gasteiger partial charge in [-0.05, 0) is 12.1 Å². The van der Waals surface area contributed by atoms with Gasteiger partial charge < -0.3 is 5.11 Å². The zero-order valence-electron chi connectivity index (χ0n) is 10.4. The number of nitrogens with zero attached hydrogens (tertiary/aromatic N) is 2. The molecule has 4 nitrogen and oxygen atoms in total. The van der Waals surface area contributed by atoms with E-state index in [-0.39, 0.29) is 11.7 Å². The molecule has 6 heteroatoms. The third-order valence-electron chi connectivity index (χ3n) is 2.41. The molecule has 0 amide bonds. The zero-order chi connectivity index (χ0) is 13.7. The van der Waals surface area contributed by atoms with Crippen molar-refractivity contribution in [1.82, 2.24) is 9.97 Å². The Morgan fingerprint density at radius 3 is 3.05 bits per heavy atom. The maximum Gasteiger partial charge on any atom is 0.304 e. The summed E-state index contributed by atoms with van der Waals surface area (Å²) in [5.74, 6) is -0.0231. The second kappa shape index (κ2) is 6.68. The van der Waals surface area contributed by atoms with E-state index < -0.39 is 5.97 Å². The Morgan fingerprint density at radius 1 is 1.53 bits per heavy atom. The highest BCUT2D eigenvalue weighted by Crippen LogP contribution is 2.25. The topological polar surface area (TPSA) is 63.1 Å². The number of hydrogen-bond acceptors (Lipinski definition) is 5. The van der Waals surface area contributed by atoms with Gasteiger partial charge in [-0.15, -0.1) is 11.3 Å². The molecule has 100 valence electrons. The number of aromatic nitrogens is 2. The summed E-state index contributed by atoms with van der Waals surface area (Å²) in [6.07, 6.45) is 1.93. The summed E-state index contributed by atoms with van der Waals surface area (Å²) in [4.78, 5) is 19.4. The number of carboxylic acid groups (broad SMARTS) is 1. The molecule has 0 aliphatic carbocycles. The van der Waals surface area contributed by atoms with E-state index in [0.717, 1.165) is 22.1 Å². The number of aliphatic carboxylic acids is 1. The number of thiazole rings is 1. The van der Waals surface area contributed by atoms with E-state index in [1.807, 2.05) is 30.5 Å². The summed E-state index contributed by atoms with van der Waals surface area (Å²) in [7, 11) is 0. The fourth-order valence-corrected chi connectivity index (χ4v) is 3.28. The lowest BCUT2D eigenvalue weighted by Crippen LogP contribution is -2.05. The third kappa shape index (κ3) is 4.33. The van der Waals surface area contributed by atoms with Gasteiger partial charge >= 0.3 is 5.97 Å². The second-order valence-corrected chi connectivity index (χ2v) is 6.36. The fourth-order valence-electron chi connectivity index (χ4n) is 1.51. The lowest BCUT2D eigenvalue weighted by Gasteiger charge is -2.06. The van der Waals surface area contributed by atoms with Gasteiger partial charge in [0.1, 0.15) is 5.01 Å². The van der Waals surface area contributed by atoms with Crippen LogP contribution in [0.2, 0.25) is 0 Å². The van der Waals surface area contributed by atoms with Crippen molar-refractivity contribution < 1.29 is 9.90 Å². The summed E-state index contributed by atoms with van der Waals surface area (Å²) in [6, 6.07) is 5.75. The highest BCUT2D eigenvalue weighted by atomic mass is 32.2. The van der Waals surface area contributed by atoms with Crippen LogP contribution >= 0.6 is 23.1 Å². The quantitative estimate of drug-likeness (QED) is 0.885. The zero-order valence-corrected chi connectivity index (χ0v) is 12.1. The smallest absolute Gasteiger partial charge is 0.304 e. The van der Waals surface area contributed by atoms with Crippen LogP contribution in [0.4, 0.5) is 0 Å². The Labute approximate surface area is 119 Å². The van der Waals surface area contributed by atoms with Crippen molar-refractivity contribution in [1.29, 1.82) is 0 Å². The van der Waals surface area contributed by atoms with Gasteiger partial charge in [-0.25, -0.2) is 4.98 Å². The molecule has 2 aromatic heterocycles. The van der Waals surface area contributed by atoms with Crippen molar-refractivity contribution in [3.8, 4) is 10.7 Å². The molecule has 0 saturated carbocycles. The van der Waals surface area contributed by atoms with Gasteiger partial charge in [0.2, 0.25) is 0 Å². The molecule has 2 aromatic rings. The molecule has 1 atom stereocenters.